The van der Waals surface area contributed by atoms with Crippen molar-refractivity contribution in [1.82, 2.24) is 0 Å². The van der Waals surface area contributed by atoms with E-state index in [4.69, 9.17) is 0 Å². The van der Waals surface area contributed by atoms with Gasteiger partial charge in [0.2, 0.25) is 0 Å². The maximum Gasteiger partial charge on any atom is 0.107 e. The van der Waals surface area contributed by atoms with Crippen molar-refractivity contribution in [3.8, 4) is 0 Å². The van der Waals surface area contributed by atoms with Crippen LogP contribution in [0, 0.1) is 0 Å². The first-order valence-corrected chi connectivity index (χ1v) is 11.0. The molecule has 0 aromatic heterocycles. The standard InChI is InChI=1S/C18H39S.HI/c1-4-5-6-7-8-9-10-11-12-13-14-15-16-17-18-19(2)3;/h4-18H2,1-3H3;1H/q+1;/p-1. The van der Waals surface area contributed by atoms with Crippen LogP contribution >= 0.6 is 0 Å². The van der Waals surface area contributed by atoms with Crippen molar-refractivity contribution in [3.63, 3.8) is 0 Å². The molecular formula is C18H39IS. The maximum atomic E-state index is 2.36. The normalized spacial score (nSPS) is 10.8. The van der Waals surface area contributed by atoms with E-state index in [0.717, 1.165) is 0 Å². The minimum Gasteiger partial charge on any atom is -1.00 e. The third-order valence-electron chi connectivity index (χ3n) is 3.91. The average molecular weight is 414 g/mol. The highest BCUT2D eigenvalue weighted by Crippen LogP contribution is 2.13. The van der Waals surface area contributed by atoms with E-state index in [9.17, 15) is 0 Å². The number of unbranched alkanes of at least 4 members (excludes halogenated alkanes) is 13. The van der Waals surface area contributed by atoms with E-state index in [1.165, 1.54) is 95.6 Å². The minimum absolute atomic E-state index is 0. The Balaban J connectivity index is 0. The predicted octanol–water partition coefficient (Wildman–Crippen LogP) is 3.35. The molecule has 0 nitrogen and oxygen atoms in total. The fraction of sp³-hybridized carbons (Fsp3) is 1.00. The largest absolute Gasteiger partial charge is 1.00 e. The molecule has 0 bridgehead atoms. The van der Waals surface area contributed by atoms with Crippen molar-refractivity contribution in [2.75, 3.05) is 18.3 Å². The lowest BCUT2D eigenvalue weighted by atomic mass is 10.0. The average Bonchev–Trinajstić information content (AvgIpc) is 2.39. The minimum atomic E-state index is 0. The first kappa shape index (κ1) is 23.3. The molecule has 0 saturated heterocycles. The summed E-state index contributed by atoms with van der Waals surface area (Å²) in [6.07, 6.45) is 25.3. The summed E-state index contributed by atoms with van der Waals surface area (Å²) >= 11 is 0. The smallest absolute Gasteiger partial charge is 0.107 e. The zero-order chi connectivity index (χ0) is 14.2. The molecule has 0 aliphatic carbocycles. The van der Waals surface area contributed by atoms with E-state index >= 15 is 0 Å². The summed E-state index contributed by atoms with van der Waals surface area (Å²) in [6.45, 7) is 2.29. The number of hydrogen-bond acceptors (Lipinski definition) is 0. The summed E-state index contributed by atoms with van der Waals surface area (Å²) in [5, 5.41) is 0. The lowest BCUT2D eigenvalue weighted by Crippen LogP contribution is -3.00. The molecule has 0 spiro atoms. The highest BCUT2D eigenvalue weighted by Gasteiger charge is 2.00. The van der Waals surface area contributed by atoms with Crippen LogP contribution in [0.4, 0.5) is 0 Å². The van der Waals surface area contributed by atoms with Crippen LogP contribution in [0.25, 0.3) is 0 Å². The van der Waals surface area contributed by atoms with Gasteiger partial charge in [-0.25, -0.2) is 0 Å². The first-order valence-electron chi connectivity index (χ1n) is 8.81. The molecule has 0 amide bonds. The third kappa shape index (κ3) is 21.4. The molecule has 0 unspecified atom stereocenters. The third-order valence-corrected chi connectivity index (χ3v) is 5.01. The Morgan fingerprint density at radius 2 is 0.800 bits per heavy atom. The molecule has 0 heterocycles. The van der Waals surface area contributed by atoms with E-state index in [2.05, 4.69) is 19.4 Å². The number of hydrogen-bond donors (Lipinski definition) is 0. The molecule has 0 aromatic rings. The van der Waals surface area contributed by atoms with Gasteiger partial charge >= 0.3 is 0 Å². The second kappa shape index (κ2) is 20.1. The first-order chi connectivity index (χ1) is 9.27. The van der Waals surface area contributed by atoms with Crippen LogP contribution in [0.1, 0.15) is 96.8 Å². The zero-order valence-electron chi connectivity index (χ0n) is 14.4. The lowest BCUT2D eigenvalue weighted by Gasteiger charge is -2.03. The Hall–Kier alpha value is 1.08. The van der Waals surface area contributed by atoms with E-state index in [-0.39, 0.29) is 24.0 Å². The molecular weight excluding hydrogens is 375 g/mol. The Morgan fingerprint density at radius 3 is 1.10 bits per heavy atom. The summed E-state index contributed by atoms with van der Waals surface area (Å²) in [6, 6.07) is 0. The zero-order valence-corrected chi connectivity index (χ0v) is 17.4. The van der Waals surface area contributed by atoms with Crippen LogP contribution in [0.2, 0.25) is 0 Å². The lowest BCUT2D eigenvalue weighted by molar-refractivity contribution is -0.00000439. The van der Waals surface area contributed by atoms with E-state index in [1.807, 2.05) is 0 Å². The highest BCUT2D eigenvalue weighted by molar-refractivity contribution is 7.95. The van der Waals surface area contributed by atoms with Crippen LogP contribution in [-0.4, -0.2) is 18.3 Å². The van der Waals surface area contributed by atoms with Gasteiger partial charge in [-0.1, -0.05) is 84.0 Å². The summed E-state index contributed by atoms with van der Waals surface area (Å²) in [5.74, 6) is 1.46. The summed E-state index contributed by atoms with van der Waals surface area (Å²) in [5.41, 5.74) is 0. The molecule has 0 fully saturated rings. The molecule has 20 heavy (non-hydrogen) atoms. The van der Waals surface area contributed by atoms with Crippen LogP contribution in [0.3, 0.4) is 0 Å². The van der Waals surface area contributed by atoms with Crippen molar-refractivity contribution < 1.29 is 24.0 Å². The van der Waals surface area contributed by atoms with Gasteiger partial charge in [0.1, 0.15) is 5.75 Å². The van der Waals surface area contributed by atoms with Crippen LogP contribution in [0.5, 0.6) is 0 Å². The highest BCUT2D eigenvalue weighted by atomic mass is 127. The molecule has 0 aliphatic heterocycles. The topological polar surface area (TPSA) is 0 Å². The van der Waals surface area contributed by atoms with Crippen molar-refractivity contribution in [2.24, 2.45) is 0 Å². The molecule has 0 rings (SSSR count). The fourth-order valence-electron chi connectivity index (χ4n) is 2.59. The molecule has 2 heteroatoms. The monoisotopic (exact) mass is 414 g/mol. The second-order valence-electron chi connectivity index (χ2n) is 6.29. The van der Waals surface area contributed by atoms with Gasteiger partial charge in [0.05, 0.1) is 12.5 Å². The molecule has 0 atom stereocenters. The summed E-state index contributed by atoms with van der Waals surface area (Å²) in [7, 11) is 0.668. The maximum absolute atomic E-state index is 2.36. The second-order valence-corrected chi connectivity index (χ2v) is 8.67. The SMILES string of the molecule is CCCCCCCCCCCCCCCC[S+](C)C.[I-]. The van der Waals surface area contributed by atoms with Crippen molar-refractivity contribution >= 4 is 10.9 Å². The number of rotatable bonds is 15. The quantitative estimate of drug-likeness (QED) is 0.219. The Bertz CT molecular complexity index is 159. The molecule has 124 valence electrons. The predicted molar refractivity (Wildman–Crippen MR) is 94.4 cm³/mol. The Labute approximate surface area is 149 Å². The Kier molecular flexibility index (Phi) is 23.4. The van der Waals surface area contributed by atoms with Gasteiger partial charge in [0.15, 0.2) is 0 Å². The van der Waals surface area contributed by atoms with E-state index < -0.39 is 0 Å². The molecule has 0 saturated carbocycles. The molecule has 0 aromatic carbocycles. The van der Waals surface area contributed by atoms with E-state index in [0.29, 0.717) is 10.9 Å². The number of halogens is 1. The van der Waals surface area contributed by atoms with Gasteiger partial charge < -0.3 is 24.0 Å². The Morgan fingerprint density at radius 1 is 0.500 bits per heavy atom. The van der Waals surface area contributed by atoms with Gasteiger partial charge in [0, 0.05) is 0 Å². The van der Waals surface area contributed by atoms with Crippen LogP contribution in [0.15, 0.2) is 0 Å². The van der Waals surface area contributed by atoms with E-state index in [1.54, 1.807) is 0 Å². The molecule has 0 N–H and O–H groups in total. The van der Waals surface area contributed by atoms with Gasteiger partial charge in [-0.3, -0.25) is 0 Å². The van der Waals surface area contributed by atoms with Crippen molar-refractivity contribution in [2.45, 2.75) is 96.8 Å². The van der Waals surface area contributed by atoms with Gasteiger partial charge in [-0.2, -0.15) is 0 Å². The van der Waals surface area contributed by atoms with Crippen LogP contribution < -0.4 is 24.0 Å². The summed E-state index contributed by atoms with van der Waals surface area (Å²) in [4.78, 5) is 0. The van der Waals surface area contributed by atoms with Crippen molar-refractivity contribution in [1.29, 1.82) is 0 Å². The van der Waals surface area contributed by atoms with Crippen molar-refractivity contribution in [3.05, 3.63) is 0 Å². The molecule has 0 radical (unpaired) electrons. The molecule has 0 aliphatic rings. The summed E-state index contributed by atoms with van der Waals surface area (Å²) < 4.78 is 0. The fourth-order valence-corrected chi connectivity index (χ4v) is 3.37. The van der Waals surface area contributed by atoms with Gasteiger partial charge in [0.25, 0.3) is 0 Å². The van der Waals surface area contributed by atoms with Crippen LogP contribution in [-0.2, 0) is 10.9 Å². The van der Waals surface area contributed by atoms with Gasteiger partial charge in [-0.15, -0.1) is 0 Å². The van der Waals surface area contributed by atoms with Gasteiger partial charge in [-0.05, 0) is 23.7 Å².